The first-order valence-electron chi connectivity index (χ1n) is 12.9. The molecule has 1 heterocycles. The minimum atomic E-state index is -1.05. The van der Waals surface area contributed by atoms with Crippen LogP contribution in [0.2, 0.25) is 5.02 Å². The van der Waals surface area contributed by atoms with Gasteiger partial charge in [0.1, 0.15) is 0 Å². The van der Waals surface area contributed by atoms with Crippen molar-refractivity contribution in [3.63, 3.8) is 0 Å². The van der Waals surface area contributed by atoms with Crippen LogP contribution >= 0.6 is 11.6 Å². The maximum Gasteiger partial charge on any atom is 0.303 e. The lowest BCUT2D eigenvalue weighted by Crippen LogP contribution is -2.38. The quantitative estimate of drug-likeness (QED) is 0.386. The molecule has 0 radical (unpaired) electrons. The third-order valence-corrected chi connectivity index (χ3v) is 7.63. The first-order chi connectivity index (χ1) is 18.7. The van der Waals surface area contributed by atoms with Crippen molar-refractivity contribution >= 4 is 46.3 Å². The molecule has 0 spiro atoms. The van der Waals surface area contributed by atoms with Crippen LogP contribution in [0.25, 0.3) is 0 Å². The highest BCUT2D eigenvalue weighted by atomic mass is 35.5. The summed E-state index contributed by atoms with van der Waals surface area (Å²) in [6.07, 6.45) is 0.401. The van der Waals surface area contributed by atoms with E-state index >= 15 is 0 Å². The number of aliphatic carboxylic acids is 1. The van der Waals surface area contributed by atoms with Crippen molar-refractivity contribution in [3.8, 4) is 0 Å². The van der Waals surface area contributed by atoms with Crippen molar-refractivity contribution in [2.24, 2.45) is 0 Å². The summed E-state index contributed by atoms with van der Waals surface area (Å²) in [5, 5.41) is 13.4. The van der Waals surface area contributed by atoms with Gasteiger partial charge < -0.3 is 15.3 Å². The number of halogens is 1. The predicted octanol–water partition coefficient (Wildman–Crippen LogP) is 6.17. The molecule has 0 bridgehead atoms. The highest BCUT2D eigenvalue weighted by molar-refractivity contribution is 6.30. The summed E-state index contributed by atoms with van der Waals surface area (Å²) in [7, 11) is 3.90. The molecule has 5 rings (SSSR count). The molecule has 3 aromatic rings. The van der Waals surface area contributed by atoms with E-state index in [2.05, 4.69) is 5.32 Å². The summed E-state index contributed by atoms with van der Waals surface area (Å²) in [6, 6.07) is 22.1. The normalized spacial score (nSPS) is 18.5. The number of benzene rings is 3. The highest BCUT2D eigenvalue weighted by Gasteiger charge is 2.41. The Balaban J connectivity index is 1.67. The standard InChI is InChI=1S/C31H30ClN3O4/c1-34(2)23-13-9-20(10-14-23)31-30-25(17-21(18-27(30)36)19-7-11-22(32)12-8-19)33-24-5-3-4-6-26(24)35(31)28(37)15-16-29(38)39/h3-14,21,31,33H,15-18H2,1-2H3,(H,38,39)/t21-,31+/m0/s1. The molecule has 1 amide bonds. The molecule has 0 aromatic heterocycles. The van der Waals surface area contributed by atoms with E-state index in [-0.39, 0.29) is 30.4 Å². The van der Waals surface area contributed by atoms with Gasteiger partial charge in [0.05, 0.1) is 23.8 Å². The Kier molecular flexibility index (Phi) is 7.44. The van der Waals surface area contributed by atoms with E-state index in [1.807, 2.05) is 91.8 Å². The molecule has 0 saturated heterocycles. The molecule has 3 aromatic carbocycles. The van der Waals surface area contributed by atoms with Crippen LogP contribution in [0, 0.1) is 0 Å². The topological polar surface area (TPSA) is 90.0 Å². The molecular formula is C31H30ClN3O4. The molecule has 0 fully saturated rings. The first-order valence-corrected chi connectivity index (χ1v) is 13.3. The second-order valence-corrected chi connectivity index (χ2v) is 10.6. The number of fused-ring (bicyclic) bond motifs is 1. The molecule has 39 heavy (non-hydrogen) atoms. The number of allylic oxidation sites excluding steroid dienone is 1. The second kappa shape index (κ2) is 10.9. The Morgan fingerprint density at radius 2 is 1.62 bits per heavy atom. The van der Waals surface area contributed by atoms with Crippen molar-refractivity contribution < 1.29 is 19.5 Å². The Morgan fingerprint density at radius 3 is 2.28 bits per heavy atom. The third kappa shape index (κ3) is 5.40. The zero-order valence-corrected chi connectivity index (χ0v) is 22.6. The highest BCUT2D eigenvalue weighted by Crippen LogP contribution is 2.47. The maximum absolute atomic E-state index is 14.0. The number of carbonyl (C=O) groups excluding carboxylic acids is 2. The van der Waals surface area contributed by atoms with Gasteiger partial charge in [0.15, 0.2) is 5.78 Å². The van der Waals surface area contributed by atoms with Gasteiger partial charge in [0, 0.05) is 48.9 Å². The molecule has 2 atom stereocenters. The van der Waals surface area contributed by atoms with Crippen LogP contribution in [-0.2, 0) is 14.4 Å². The SMILES string of the molecule is CN(C)c1ccc([C@@H]2C3=C(C[C@H](c4ccc(Cl)cc4)CC3=O)Nc3ccccc3N2C(=O)CCC(=O)O)cc1. The molecule has 8 heteroatoms. The summed E-state index contributed by atoms with van der Waals surface area (Å²) in [5.74, 6) is -1.49. The zero-order valence-electron chi connectivity index (χ0n) is 21.9. The number of Topliss-reactive ketones (excluding diaryl/α,β-unsaturated/α-hetero) is 1. The molecule has 1 aliphatic carbocycles. The Morgan fingerprint density at radius 1 is 0.949 bits per heavy atom. The van der Waals surface area contributed by atoms with Gasteiger partial charge in [-0.2, -0.15) is 0 Å². The van der Waals surface area contributed by atoms with Crippen LogP contribution in [0.15, 0.2) is 84.1 Å². The van der Waals surface area contributed by atoms with Gasteiger partial charge in [0.2, 0.25) is 5.91 Å². The number of para-hydroxylation sites is 2. The summed E-state index contributed by atoms with van der Waals surface area (Å²) in [6.45, 7) is 0. The maximum atomic E-state index is 14.0. The lowest BCUT2D eigenvalue weighted by molar-refractivity contribution is -0.138. The molecule has 2 N–H and O–H groups in total. The van der Waals surface area contributed by atoms with Crippen molar-refractivity contribution in [2.45, 2.75) is 37.6 Å². The smallest absolute Gasteiger partial charge is 0.303 e. The number of rotatable bonds is 6. The molecule has 1 aliphatic heterocycles. The lowest BCUT2D eigenvalue weighted by atomic mass is 9.78. The molecular weight excluding hydrogens is 514 g/mol. The number of nitrogens with one attached hydrogen (secondary N) is 1. The molecule has 0 saturated carbocycles. The number of amides is 1. The van der Waals surface area contributed by atoms with Gasteiger partial charge in [-0.15, -0.1) is 0 Å². The number of carbonyl (C=O) groups is 3. The largest absolute Gasteiger partial charge is 0.481 e. The zero-order chi connectivity index (χ0) is 27.7. The summed E-state index contributed by atoms with van der Waals surface area (Å²) in [5.41, 5.74) is 5.42. The van der Waals surface area contributed by atoms with E-state index in [9.17, 15) is 19.5 Å². The van der Waals surface area contributed by atoms with E-state index in [4.69, 9.17) is 11.6 Å². The average molecular weight is 544 g/mol. The fourth-order valence-corrected chi connectivity index (χ4v) is 5.57. The van der Waals surface area contributed by atoms with Crippen molar-refractivity contribution in [1.82, 2.24) is 0 Å². The van der Waals surface area contributed by atoms with E-state index in [0.29, 0.717) is 34.8 Å². The molecule has 7 nitrogen and oxygen atoms in total. The van der Waals surface area contributed by atoms with Gasteiger partial charge in [0.25, 0.3) is 0 Å². The number of ketones is 1. The van der Waals surface area contributed by atoms with Crippen molar-refractivity contribution in [2.75, 3.05) is 29.2 Å². The third-order valence-electron chi connectivity index (χ3n) is 7.38. The van der Waals surface area contributed by atoms with Crippen molar-refractivity contribution in [3.05, 3.63) is 100 Å². The number of nitrogens with zero attached hydrogens (tertiary/aromatic N) is 2. The Labute approximate surface area is 232 Å². The van der Waals surface area contributed by atoms with E-state index < -0.39 is 12.0 Å². The number of hydrogen-bond donors (Lipinski definition) is 2. The molecule has 2 aliphatic rings. The molecule has 0 unspecified atom stereocenters. The van der Waals surface area contributed by atoms with Gasteiger partial charge in [-0.1, -0.05) is 48.0 Å². The molecule has 200 valence electrons. The van der Waals surface area contributed by atoms with E-state index in [0.717, 1.165) is 22.5 Å². The van der Waals surface area contributed by atoms with Crippen LogP contribution < -0.4 is 15.1 Å². The van der Waals surface area contributed by atoms with Crippen LogP contribution in [0.3, 0.4) is 0 Å². The Hall–Kier alpha value is -4.10. The van der Waals surface area contributed by atoms with Crippen LogP contribution in [-0.4, -0.2) is 36.9 Å². The van der Waals surface area contributed by atoms with Gasteiger partial charge in [-0.3, -0.25) is 19.3 Å². The monoisotopic (exact) mass is 543 g/mol. The van der Waals surface area contributed by atoms with Gasteiger partial charge in [-0.05, 0) is 59.9 Å². The summed E-state index contributed by atoms with van der Waals surface area (Å²) in [4.78, 5) is 42.7. The first kappa shape index (κ1) is 26.5. The minimum Gasteiger partial charge on any atom is -0.481 e. The second-order valence-electron chi connectivity index (χ2n) is 10.2. The number of hydrogen-bond acceptors (Lipinski definition) is 5. The van der Waals surface area contributed by atoms with E-state index in [1.54, 1.807) is 4.90 Å². The predicted molar refractivity (Wildman–Crippen MR) is 153 cm³/mol. The number of carboxylic acid groups (broad SMARTS) is 1. The fraction of sp³-hybridized carbons (Fsp3) is 0.258. The van der Waals surface area contributed by atoms with Crippen molar-refractivity contribution in [1.29, 1.82) is 0 Å². The van der Waals surface area contributed by atoms with Gasteiger partial charge >= 0.3 is 5.97 Å². The Bertz CT molecular complexity index is 1450. The number of carboxylic acids is 1. The number of anilines is 3. The summed E-state index contributed by atoms with van der Waals surface area (Å²) < 4.78 is 0. The van der Waals surface area contributed by atoms with E-state index in [1.165, 1.54) is 0 Å². The fourth-order valence-electron chi connectivity index (χ4n) is 5.44. The lowest BCUT2D eigenvalue weighted by Gasteiger charge is -2.35. The van der Waals surface area contributed by atoms with Gasteiger partial charge in [-0.25, -0.2) is 0 Å². The van der Waals surface area contributed by atoms with Crippen LogP contribution in [0.1, 0.15) is 48.8 Å². The van der Waals surface area contributed by atoms with Crippen LogP contribution in [0.5, 0.6) is 0 Å². The summed E-state index contributed by atoms with van der Waals surface area (Å²) >= 11 is 6.11. The van der Waals surface area contributed by atoms with Crippen LogP contribution in [0.4, 0.5) is 17.1 Å². The average Bonchev–Trinajstić information content (AvgIpc) is 3.07. The minimum absolute atomic E-state index is 0.0424.